The summed E-state index contributed by atoms with van der Waals surface area (Å²) in [6.45, 7) is 6.85. The molecule has 0 radical (unpaired) electrons. The lowest BCUT2D eigenvalue weighted by molar-refractivity contribution is -0.137. The molecule has 8 aromatic rings. The van der Waals surface area contributed by atoms with Crippen molar-refractivity contribution in [1.82, 2.24) is 19.0 Å². The van der Waals surface area contributed by atoms with Crippen molar-refractivity contribution in [3.8, 4) is 5.75 Å². The summed E-state index contributed by atoms with van der Waals surface area (Å²) in [5.41, 5.74) is 10.5. The van der Waals surface area contributed by atoms with Gasteiger partial charge in [0.25, 0.3) is 11.8 Å². The van der Waals surface area contributed by atoms with E-state index in [0.29, 0.717) is 25.7 Å². The molecule has 358 valence electrons. The summed E-state index contributed by atoms with van der Waals surface area (Å²) >= 11 is 0. The first-order valence-corrected chi connectivity index (χ1v) is 24.4. The fourth-order valence-electron chi connectivity index (χ4n) is 11.4. The molecule has 13 heteroatoms. The van der Waals surface area contributed by atoms with Gasteiger partial charge in [-0.2, -0.15) is 0 Å². The maximum atomic E-state index is 14.3. The van der Waals surface area contributed by atoms with Gasteiger partial charge in [-0.15, -0.1) is 0 Å². The van der Waals surface area contributed by atoms with Crippen molar-refractivity contribution in [1.29, 1.82) is 0 Å². The number of ether oxygens (including phenoxy) is 1. The van der Waals surface area contributed by atoms with E-state index >= 15 is 0 Å². The number of rotatable bonds is 15. The minimum atomic E-state index is -0.907. The van der Waals surface area contributed by atoms with Crippen LogP contribution in [0, 0.1) is 0 Å². The molecule has 4 unspecified atom stereocenters. The number of aromatic nitrogens is 3. The molecule has 3 aromatic heterocycles. The average molecular weight is 946 g/mol. The molecule has 13 nitrogen and oxygen atoms in total. The Bertz CT molecular complexity index is 3470. The highest BCUT2D eigenvalue weighted by molar-refractivity contribution is 6.05. The number of unbranched alkanes of at least 4 members (excludes halogenated alkanes) is 2. The van der Waals surface area contributed by atoms with Crippen LogP contribution in [0.2, 0.25) is 0 Å². The standard InChI is InChI=1S/C58H55N7O6/c1-4-11-35(2)58(36-12-7-5-8-13-36,37-15-17-38(71-3)18-16-37)59-28-10-6-9-14-54(66)63-29-25-39-42-32-48(60-45(42)19-22-51(39)63)55(67)64-30-26-40-43-33-49(61-46(43)20-23-52(40)64)56(68)65-31-27-41-44-34-50(57(69)70)62-47(44)21-24-53(41)65/h4-5,7-8,11-13,15-27,29-31,48-50,59-62H,1,6,9-10,14,28,32-34H2,2-3H3,(H,69,70)/b35-11+. The number of methoxy groups -OCH3 is 1. The van der Waals surface area contributed by atoms with Gasteiger partial charge in [0, 0.05) is 77.5 Å². The summed E-state index contributed by atoms with van der Waals surface area (Å²) in [4.78, 5) is 53.8. The summed E-state index contributed by atoms with van der Waals surface area (Å²) in [5, 5.41) is 26.2. The molecule has 0 aliphatic carbocycles. The zero-order chi connectivity index (χ0) is 49.0. The second-order valence-electron chi connectivity index (χ2n) is 18.9. The van der Waals surface area contributed by atoms with Crippen LogP contribution in [-0.4, -0.2) is 74.3 Å². The summed E-state index contributed by atoms with van der Waals surface area (Å²) in [6, 6.07) is 34.2. The molecule has 0 spiro atoms. The van der Waals surface area contributed by atoms with Crippen molar-refractivity contribution in [3.63, 3.8) is 0 Å². The van der Waals surface area contributed by atoms with E-state index in [0.717, 1.165) is 115 Å². The number of anilines is 3. The molecule has 11 rings (SSSR count). The van der Waals surface area contributed by atoms with Gasteiger partial charge in [0.2, 0.25) is 5.91 Å². The maximum absolute atomic E-state index is 14.3. The number of carboxylic acid groups (broad SMARTS) is 1. The Hall–Kier alpha value is -8.16. The Morgan fingerprint density at radius 3 is 1.66 bits per heavy atom. The van der Waals surface area contributed by atoms with Gasteiger partial charge in [-0.1, -0.05) is 67.6 Å². The number of benzene rings is 5. The molecule has 0 amide bonds. The summed E-state index contributed by atoms with van der Waals surface area (Å²) in [7, 11) is 1.67. The highest BCUT2D eigenvalue weighted by Gasteiger charge is 2.37. The van der Waals surface area contributed by atoms with Gasteiger partial charge in [0.1, 0.15) is 23.9 Å². The second kappa shape index (κ2) is 18.3. The van der Waals surface area contributed by atoms with Crippen LogP contribution in [0.1, 0.15) is 74.8 Å². The van der Waals surface area contributed by atoms with E-state index in [-0.39, 0.29) is 17.7 Å². The Morgan fingerprint density at radius 2 is 1.14 bits per heavy atom. The van der Waals surface area contributed by atoms with Crippen LogP contribution in [0.5, 0.6) is 5.75 Å². The van der Waals surface area contributed by atoms with Gasteiger partial charge in [0.15, 0.2) is 0 Å². The molecule has 4 atom stereocenters. The fraction of sp³-hybridized carbons (Fsp3) is 0.241. The molecule has 71 heavy (non-hydrogen) atoms. The summed E-state index contributed by atoms with van der Waals surface area (Å²) < 4.78 is 10.6. The zero-order valence-corrected chi connectivity index (χ0v) is 39.7. The van der Waals surface area contributed by atoms with E-state index < -0.39 is 29.6 Å². The lowest BCUT2D eigenvalue weighted by Gasteiger charge is -2.38. The molecule has 3 aliphatic rings. The molecule has 0 bridgehead atoms. The van der Waals surface area contributed by atoms with Gasteiger partial charge >= 0.3 is 5.97 Å². The van der Waals surface area contributed by atoms with E-state index in [1.54, 1.807) is 27.0 Å². The summed E-state index contributed by atoms with van der Waals surface area (Å²) in [6.07, 6.45) is 13.5. The van der Waals surface area contributed by atoms with Crippen LogP contribution < -0.4 is 26.0 Å². The van der Waals surface area contributed by atoms with Crippen molar-refractivity contribution in [2.45, 2.75) is 75.5 Å². The topological polar surface area (TPSA) is 161 Å². The van der Waals surface area contributed by atoms with Crippen LogP contribution in [0.15, 0.2) is 152 Å². The molecule has 0 saturated heterocycles. The van der Waals surface area contributed by atoms with Gasteiger partial charge < -0.3 is 31.1 Å². The minimum absolute atomic E-state index is 0.0380. The maximum Gasteiger partial charge on any atom is 0.326 e. The highest BCUT2D eigenvalue weighted by Crippen LogP contribution is 2.40. The number of carboxylic acids is 1. The molecule has 0 fully saturated rings. The van der Waals surface area contributed by atoms with Crippen molar-refractivity contribution >= 4 is 73.5 Å². The molecule has 5 aromatic carbocycles. The number of nitrogens with zero attached hydrogens (tertiary/aromatic N) is 3. The van der Waals surface area contributed by atoms with E-state index in [4.69, 9.17) is 4.74 Å². The smallest absolute Gasteiger partial charge is 0.326 e. The molecule has 3 aliphatic heterocycles. The van der Waals surface area contributed by atoms with Crippen LogP contribution in [0.25, 0.3) is 32.7 Å². The number of carbonyl (C=O) groups is 4. The van der Waals surface area contributed by atoms with Gasteiger partial charge in [-0.25, -0.2) is 4.79 Å². The Morgan fingerprint density at radius 1 is 0.648 bits per heavy atom. The summed E-state index contributed by atoms with van der Waals surface area (Å²) in [5.74, 6) is -0.272. The van der Waals surface area contributed by atoms with Crippen LogP contribution >= 0.6 is 0 Å². The SMILES string of the molecule is C=C/C=C(\C)C(NCCCCCC(=O)n1ccc2c3c(ccc21)NC(C(=O)n1ccc2c4c(ccc21)NC(C(=O)n1ccc2c5c(ccc21)NC(C(=O)O)C5)C4)C3)(c1ccccc1)c1ccc(OC)cc1. The first-order chi connectivity index (χ1) is 34.6. The minimum Gasteiger partial charge on any atom is -0.497 e. The third-order valence-electron chi connectivity index (χ3n) is 15.0. The van der Waals surface area contributed by atoms with Gasteiger partial charge in [0.05, 0.1) is 29.2 Å². The quantitative estimate of drug-likeness (QED) is 0.0494. The average Bonchev–Trinajstić information content (AvgIpc) is 4.26. The number of allylic oxidation sites excluding steroid dienone is 2. The Balaban J connectivity index is 0.728. The molecule has 0 saturated carbocycles. The normalized spacial score (nSPS) is 17.8. The van der Waals surface area contributed by atoms with E-state index in [1.807, 2.05) is 91.3 Å². The zero-order valence-electron chi connectivity index (χ0n) is 39.7. The largest absolute Gasteiger partial charge is 0.497 e. The highest BCUT2D eigenvalue weighted by atomic mass is 16.5. The van der Waals surface area contributed by atoms with Crippen molar-refractivity contribution in [2.24, 2.45) is 0 Å². The fourth-order valence-corrected chi connectivity index (χ4v) is 11.4. The number of aliphatic carboxylic acids is 1. The molecule has 5 N–H and O–H groups in total. The first-order valence-electron chi connectivity index (χ1n) is 24.4. The lowest BCUT2D eigenvalue weighted by Crippen LogP contribution is -2.45. The number of hydrogen-bond donors (Lipinski definition) is 5. The van der Waals surface area contributed by atoms with Crippen LogP contribution in [0.4, 0.5) is 17.1 Å². The van der Waals surface area contributed by atoms with Crippen LogP contribution in [0.3, 0.4) is 0 Å². The Labute approximate surface area is 410 Å². The third-order valence-corrected chi connectivity index (χ3v) is 15.0. The molecule has 6 heterocycles. The van der Waals surface area contributed by atoms with Gasteiger partial charge in [-0.05, 0) is 126 Å². The predicted molar refractivity (Wildman–Crippen MR) is 279 cm³/mol. The van der Waals surface area contributed by atoms with Crippen molar-refractivity contribution in [3.05, 3.63) is 180 Å². The molecular weight excluding hydrogens is 891 g/mol. The number of fused-ring (bicyclic) bond motifs is 9. The van der Waals surface area contributed by atoms with E-state index in [1.165, 1.54) is 0 Å². The number of carbonyl (C=O) groups excluding carboxylic acids is 3. The molecular formula is C58H55N7O6. The van der Waals surface area contributed by atoms with Gasteiger partial charge in [-0.3, -0.25) is 28.1 Å². The van der Waals surface area contributed by atoms with E-state index in [2.05, 4.69) is 77.2 Å². The number of nitrogens with one attached hydrogen (secondary N) is 4. The van der Waals surface area contributed by atoms with E-state index in [9.17, 15) is 24.3 Å². The second-order valence-corrected chi connectivity index (χ2v) is 18.9. The van der Waals surface area contributed by atoms with Crippen molar-refractivity contribution < 1.29 is 29.0 Å². The number of hydrogen-bond acceptors (Lipinski definition) is 9. The van der Waals surface area contributed by atoms with Crippen molar-refractivity contribution in [2.75, 3.05) is 29.6 Å². The monoisotopic (exact) mass is 945 g/mol. The van der Waals surface area contributed by atoms with Crippen LogP contribution in [-0.2, 0) is 29.6 Å². The third kappa shape index (κ3) is 7.77. The Kier molecular flexibility index (Phi) is 11.7. The predicted octanol–water partition coefficient (Wildman–Crippen LogP) is 10.2. The first kappa shape index (κ1) is 45.3. The lowest BCUT2D eigenvalue weighted by atomic mass is 9.76.